The minimum absolute atomic E-state index is 0.0108. The summed E-state index contributed by atoms with van der Waals surface area (Å²) < 4.78 is 5.84. The Kier molecular flexibility index (Phi) is 6.33. The summed E-state index contributed by atoms with van der Waals surface area (Å²) in [7, 11) is 3.61. The van der Waals surface area contributed by atoms with E-state index in [0.717, 1.165) is 18.0 Å². The molecule has 0 atom stereocenters. The molecule has 0 aliphatic carbocycles. The molecule has 0 spiro atoms. The number of carbonyl (C=O) groups excluding carboxylic acids is 1. The van der Waals surface area contributed by atoms with Crippen molar-refractivity contribution in [3.05, 3.63) is 4.88 Å². The zero-order chi connectivity index (χ0) is 16.2. The van der Waals surface area contributed by atoms with E-state index in [1.54, 1.807) is 7.05 Å². The van der Waals surface area contributed by atoms with Crippen molar-refractivity contribution in [2.24, 2.45) is 5.92 Å². The lowest BCUT2D eigenvalue weighted by atomic mass is 10.1. The van der Waals surface area contributed by atoms with Crippen molar-refractivity contribution in [2.45, 2.75) is 40.2 Å². The number of nitrogens with one attached hydrogen (secondary N) is 1. The molecule has 0 aliphatic rings. The molecule has 120 valence electrons. The molecule has 1 amide bonds. The molecule has 0 aliphatic heterocycles. The van der Waals surface area contributed by atoms with Crippen LogP contribution >= 0.6 is 11.3 Å². The van der Waals surface area contributed by atoms with Gasteiger partial charge >= 0.3 is 0 Å². The number of rotatable bonds is 7. The van der Waals surface area contributed by atoms with E-state index in [-0.39, 0.29) is 12.0 Å². The molecule has 6 heteroatoms. The van der Waals surface area contributed by atoms with Crippen LogP contribution in [0, 0.1) is 5.92 Å². The molecule has 0 bridgehead atoms. The highest BCUT2D eigenvalue weighted by Gasteiger charge is 2.24. The molecule has 1 heterocycles. The summed E-state index contributed by atoms with van der Waals surface area (Å²) in [6, 6.07) is 0. The third kappa shape index (κ3) is 4.52. The van der Waals surface area contributed by atoms with Crippen LogP contribution in [0.5, 0.6) is 5.75 Å². The van der Waals surface area contributed by atoms with Crippen LogP contribution in [0.1, 0.15) is 43.8 Å². The molecule has 0 saturated heterocycles. The zero-order valence-electron chi connectivity index (χ0n) is 13.8. The van der Waals surface area contributed by atoms with Crippen molar-refractivity contribution in [3.8, 4) is 5.75 Å². The van der Waals surface area contributed by atoms with Crippen LogP contribution in [0.3, 0.4) is 0 Å². The number of anilines is 2. The zero-order valence-corrected chi connectivity index (χ0v) is 14.6. The van der Waals surface area contributed by atoms with Crippen LogP contribution in [0.2, 0.25) is 0 Å². The largest absolute Gasteiger partial charge is 0.486 e. The second kappa shape index (κ2) is 7.54. The summed E-state index contributed by atoms with van der Waals surface area (Å²) in [4.78, 5) is 14.5. The van der Waals surface area contributed by atoms with Gasteiger partial charge in [-0.25, -0.2) is 0 Å². The van der Waals surface area contributed by atoms with E-state index in [2.05, 4.69) is 24.1 Å². The van der Waals surface area contributed by atoms with Gasteiger partial charge in [0.2, 0.25) is 0 Å². The smallest absolute Gasteiger partial charge is 0.263 e. The Bertz CT molecular complexity index is 484. The molecule has 0 aromatic carbocycles. The summed E-state index contributed by atoms with van der Waals surface area (Å²) in [6.07, 6.45) is 1.08. The number of hydrogen-bond donors (Lipinski definition) is 2. The van der Waals surface area contributed by atoms with Crippen molar-refractivity contribution in [1.29, 1.82) is 0 Å². The Morgan fingerprint density at radius 1 is 1.38 bits per heavy atom. The van der Waals surface area contributed by atoms with Crippen LogP contribution in [-0.4, -0.2) is 32.7 Å². The maximum Gasteiger partial charge on any atom is 0.263 e. The third-order valence-electron chi connectivity index (χ3n) is 3.06. The number of amides is 1. The fourth-order valence-electron chi connectivity index (χ4n) is 1.85. The molecule has 0 fully saturated rings. The highest BCUT2D eigenvalue weighted by atomic mass is 32.1. The van der Waals surface area contributed by atoms with Crippen LogP contribution in [0.25, 0.3) is 0 Å². The lowest BCUT2D eigenvalue weighted by Gasteiger charge is -2.21. The van der Waals surface area contributed by atoms with Gasteiger partial charge in [-0.3, -0.25) is 4.79 Å². The number of ether oxygens (including phenoxy) is 1. The van der Waals surface area contributed by atoms with E-state index in [1.807, 2.05) is 20.9 Å². The molecule has 1 aromatic heterocycles. The van der Waals surface area contributed by atoms with Crippen LogP contribution in [0.4, 0.5) is 10.7 Å². The number of nitrogen functional groups attached to an aromatic ring is 1. The summed E-state index contributed by atoms with van der Waals surface area (Å²) in [5, 5.41) is 3.54. The fourth-order valence-corrected chi connectivity index (χ4v) is 2.94. The highest BCUT2D eigenvalue weighted by Crippen LogP contribution is 2.45. The number of hydrogen-bond acceptors (Lipinski definition) is 5. The maximum atomic E-state index is 11.9. The van der Waals surface area contributed by atoms with Crippen molar-refractivity contribution in [3.63, 3.8) is 0 Å². The average Bonchev–Trinajstić information content (AvgIpc) is 2.72. The number of carbonyl (C=O) groups is 1. The number of nitrogens with zero attached hydrogens (tertiary/aromatic N) is 1. The van der Waals surface area contributed by atoms with Gasteiger partial charge in [-0.15, -0.1) is 11.3 Å². The standard InChI is InChI=1S/C15H27N3O2S/c1-9(2)7-8-18(6)15-12(20-10(3)4)11(16)13(21-15)14(19)17-5/h9-10H,7-8,16H2,1-6H3,(H,17,19). The SMILES string of the molecule is CNC(=O)c1sc(N(C)CCC(C)C)c(OC(C)C)c1N. The molecule has 0 radical (unpaired) electrons. The van der Waals surface area contributed by atoms with Crippen LogP contribution in [0.15, 0.2) is 0 Å². The van der Waals surface area contributed by atoms with Gasteiger partial charge in [-0.05, 0) is 26.2 Å². The topological polar surface area (TPSA) is 67.6 Å². The second-order valence-corrected chi connectivity index (χ2v) is 6.83. The van der Waals surface area contributed by atoms with Gasteiger partial charge in [0.15, 0.2) is 5.75 Å². The lowest BCUT2D eigenvalue weighted by Crippen LogP contribution is -2.20. The number of nitrogens with two attached hydrogens (primary N) is 1. The van der Waals surface area contributed by atoms with Crippen LogP contribution in [-0.2, 0) is 0 Å². The molecular formula is C15H27N3O2S. The highest BCUT2D eigenvalue weighted by molar-refractivity contribution is 7.19. The first-order chi connectivity index (χ1) is 9.77. The molecule has 0 saturated carbocycles. The first-order valence-electron chi connectivity index (χ1n) is 7.30. The van der Waals surface area contributed by atoms with E-state index in [9.17, 15) is 4.79 Å². The first-order valence-corrected chi connectivity index (χ1v) is 8.11. The predicted molar refractivity (Wildman–Crippen MR) is 90.6 cm³/mol. The number of thiophene rings is 1. The predicted octanol–water partition coefficient (Wildman–Crippen LogP) is 2.96. The van der Waals surface area contributed by atoms with E-state index >= 15 is 0 Å². The molecule has 1 aromatic rings. The van der Waals surface area contributed by atoms with Gasteiger partial charge in [-0.2, -0.15) is 0 Å². The third-order valence-corrected chi connectivity index (χ3v) is 4.36. The minimum atomic E-state index is -0.172. The minimum Gasteiger partial charge on any atom is -0.486 e. The second-order valence-electron chi connectivity index (χ2n) is 5.83. The molecular weight excluding hydrogens is 286 g/mol. The average molecular weight is 313 g/mol. The normalized spacial score (nSPS) is 11.0. The Morgan fingerprint density at radius 3 is 2.48 bits per heavy atom. The van der Waals surface area contributed by atoms with Crippen molar-refractivity contribution in [1.82, 2.24) is 5.32 Å². The molecule has 1 rings (SSSR count). The van der Waals surface area contributed by atoms with Gasteiger partial charge in [-0.1, -0.05) is 13.8 Å². The van der Waals surface area contributed by atoms with Crippen molar-refractivity contribution in [2.75, 3.05) is 31.3 Å². The Labute approximate surface area is 131 Å². The lowest BCUT2D eigenvalue weighted by molar-refractivity contribution is 0.0967. The summed E-state index contributed by atoms with van der Waals surface area (Å²) >= 11 is 1.38. The van der Waals surface area contributed by atoms with Crippen molar-refractivity contribution >= 4 is 27.9 Å². The van der Waals surface area contributed by atoms with Gasteiger partial charge in [0.05, 0.1) is 6.10 Å². The maximum absolute atomic E-state index is 11.9. The summed E-state index contributed by atoms with van der Waals surface area (Å²) in [6.45, 7) is 9.19. The molecule has 21 heavy (non-hydrogen) atoms. The summed E-state index contributed by atoms with van der Waals surface area (Å²) in [5.74, 6) is 1.08. The van der Waals surface area contributed by atoms with Crippen LogP contribution < -0.4 is 20.7 Å². The van der Waals surface area contributed by atoms with E-state index in [0.29, 0.717) is 22.2 Å². The monoisotopic (exact) mass is 313 g/mol. The molecule has 0 unspecified atom stereocenters. The van der Waals surface area contributed by atoms with E-state index in [4.69, 9.17) is 10.5 Å². The van der Waals surface area contributed by atoms with Crippen molar-refractivity contribution < 1.29 is 9.53 Å². The van der Waals surface area contributed by atoms with Gasteiger partial charge < -0.3 is 20.7 Å². The quantitative estimate of drug-likeness (QED) is 0.812. The summed E-state index contributed by atoms with van der Waals surface area (Å²) in [5.41, 5.74) is 6.55. The van der Waals surface area contributed by atoms with E-state index < -0.39 is 0 Å². The van der Waals surface area contributed by atoms with E-state index in [1.165, 1.54) is 11.3 Å². The van der Waals surface area contributed by atoms with Gasteiger partial charge in [0.1, 0.15) is 15.6 Å². The Hall–Kier alpha value is -1.43. The van der Waals surface area contributed by atoms with Gasteiger partial charge in [0.25, 0.3) is 5.91 Å². The Morgan fingerprint density at radius 2 is 2.00 bits per heavy atom. The molecule has 5 nitrogen and oxygen atoms in total. The fraction of sp³-hybridized carbons (Fsp3) is 0.667. The Balaban J connectivity index is 3.12. The van der Waals surface area contributed by atoms with Gasteiger partial charge in [0, 0.05) is 20.6 Å². The molecule has 3 N–H and O–H groups in total. The first kappa shape index (κ1) is 17.6.